The van der Waals surface area contributed by atoms with Crippen molar-refractivity contribution in [3.05, 3.63) is 70.8 Å². The van der Waals surface area contributed by atoms with Gasteiger partial charge in [-0.1, -0.05) is 47.5 Å². The van der Waals surface area contributed by atoms with Crippen LogP contribution in [-0.2, 0) is 14.3 Å². The van der Waals surface area contributed by atoms with E-state index in [0.29, 0.717) is 0 Å². The number of esters is 1. The highest BCUT2D eigenvalue weighted by Gasteiger charge is 2.07. The molecule has 0 bridgehead atoms. The molecule has 0 saturated carbocycles. The molecular weight excluding hydrogens is 302 g/mol. The molecule has 4 nitrogen and oxygen atoms in total. The molecule has 124 valence electrons. The molecular formula is C20H21NO3. The molecule has 0 aliphatic carbocycles. The molecule has 4 heteroatoms. The maximum atomic E-state index is 11.9. The highest BCUT2D eigenvalue weighted by Crippen LogP contribution is 2.15. The summed E-state index contributed by atoms with van der Waals surface area (Å²) in [5.41, 5.74) is 4.86. The summed E-state index contributed by atoms with van der Waals surface area (Å²) in [6.07, 6.45) is 2.97. The lowest BCUT2D eigenvalue weighted by molar-refractivity contribution is -0.142. The second kappa shape index (κ2) is 8.11. The summed E-state index contributed by atoms with van der Waals surface area (Å²) in [7, 11) is 0. The SMILES string of the molecule is Cc1ccc(/C=C/C(=O)OCC(=O)Nc2ccc(C)cc2C)cc1. The minimum absolute atomic E-state index is 0.315. The van der Waals surface area contributed by atoms with Crippen molar-refractivity contribution >= 4 is 23.6 Å². The van der Waals surface area contributed by atoms with E-state index in [9.17, 15) is 9.59 Å². The third-order valence-corrected chi connectivity index (χ3v) is 3.49. The van der Waals surface area contributed by atoms with Gasteiger partial charge in [0, 0.05) is 11.8 Å². The normalized spacial score (nSPS) is 10.6. The molecule has 0 radical (unpaired) electrons. The van der Waals surface area contributed by atoms with Crippen molar-refractivity contribution in [1.29, 1.82) is 0 Å². The molecule has 2 aromatic carbocycles. The number of benzene rings is 2. The first-order chi connectivity index (χ1) is 11.4. The van der Waals surface area contributed by atoms with E-state index in [4.69, 9.17) is 4.74 Å². The first-order valence-electron chi connectivity index (χ1n) is 7.72. The largest absolute Gasteiger partial charge is 0.452 e. The highest BCUT2D eigenvalue weighted by molar-refractivity contribution is 5.95. The summed E-state index contributed by atoms with van der Waals surface area (Å²) in [5, 5.41) is 2.73. The number of hydrogen-bond acceptors (Lipinski definition) is 3. The van der Waals surface area contributed by atoms with Gasteiger partial charge >= 0.3 is 5.97 Å². The molecule has 1 amide bonds. The zero-order valence-electron chi connectivity index (χ0n) is 14.1. The van der Waals surface area contributed by atoms with Crippen LogP contribution in [-0.4, -0.2) is 18.5 Å². The van der Waals surface area contributed by atoms with Crippen molar-refractivity contribution in [2.75, 3.05) is 11.9 Å². The number of rotatable bonds is 5. The Kier molecular flexibility index (Phi) is 5.90. The van der Waals surface area contributed by atoms with E-state index in [-0.39, 0.29) is 12.5 Å². The Bertz CT molecular complexity index is 761. The maximum absolute atomic E-state index is 11.9. The molecule has 0 aliphatic rings. The van der Waals surface area contributed by atoms with Gasteiger partial charge in [-0.15, -0.1) is 0 Å². The first kappa shape index (κ1) is 17.5. The van der Waals surface area contributed by atoms with Crippen molar-refractivity contribution in [2.45, 2.75) is 20.8 Å². The lowest BCUT2D eigenvalue weighted by Crippen LogP contribution is -2.20. The molecule has 2 rings (SSSR count). The van der Waals surface area contributed by atoms with Gasteiger partial charge in [0.25, 0.3) is 5.91 Å². The van der Waals surface area contributed by atoms with E-state index in [1.807, 2.05) is 63.2 Å². The quantitative estimate of drug-likeness (QED) is 0.672. The molecule has 0 atom stereocenters. The van der Waals surface area contributed by atoms with Crippen LogP contribution in [0.25, 0.3) is 6.08 Å². The van der Waals surface area contributed by atoms with Gasteiger partial charge in [-0.25, -0.2) is 4.79 Å². The molecule has 0 spiro atoms. The fourth-order valence-corrected chi connectivity index (χ4v) is 2.17. The number of aryl methyl sites for hydroxylation is 3. The van der Waals surface area contributed by atoms with Gasteiger partial charge in [0.1, 0.15) is 0 Å². The van der Waals surface area contributed by atoms with Crippen LogP contribution in [0.4, 0.5) is 5.69 Å². The molecule has 2 aromatic rings. The number of nitrogens with one attached hydrogen (secondary N) is 1. The number of carbonyl (C=O) groups is 2. The van der Waals surface area contributed by atoms with Crippen LogP contribution in [0.2, 0.25) is 0 Å². The summed E-state index contributed by atoms with van der Waals surface area (Å²) >= 11 is 0. The topological polar surface area (TPSA) is 55.4 Å². The predicted molar refractivity (Wildman–Crippen MR) is 95.7 cm³/mol. The molecule has 24 heavy (non-hydrogen) atoms. The van der Waals surface area contributed by atoms with Crippen LogP contribution >= 0.6 is 0 Å². The van der Waals surface area contributed by atoms with Gasteiger partial charge in [-0.2, -0.15) is 0 Å². The summed E-state index contributed by atoms with van der Waals surface area (Å²) in [4.78, 5) is 23.5. The second-order valence-electron chi connectivity index (χ2n) is 5.72. The molecule has 0 heterocycles. The minimum Gasteiger partial charge on any atom is -0.452 e. The second-order valence-corrected chi connectivity index (χ2v) is 5.72. The van der Waals surface area contributed by atoms with Gasteiger partial charge in [0.2, 0.25) is 0 Å². The zero-order valence-corrected chi connectivity index (χ0v) is 14.1. The summed E-state index contributed by atoms with van der Waals surface area (Å²) in [6, 6.07) is 13.5. The van der Waals surface area contributed by atoms with Gasteiger partial charge in [0.05, 0.1) is 0 Å². The Morgan fingerprint density at radius 2 is 1.67 bits per heavy atom. The van der Waals surface area contributed by atoms with Crippen molar-refractivity contribution in [3.63, 3.8) is 0 Å². The first-order valence-corrected chi connectivity index (χ1v) is 7.72. The van der Waals surface area contributed by atoms with Crippen molar-refractivity contribution in [3.8, 4) is 0 Å². The number of amides is 1. The zero-order chi connectivity index (χ0) is 17.5. The van der Waals surface area contributed by atoms with E-state index >= 15 is 0 Å². The Morgan fingerprint density at radius 3 is 2.33 bits per heavy atom. The van der Waals surface area contributed by atoms with Crippen LogP contribution in [0.1, 0.15) is 22.3 Å². The van der Waals surface area contributed by atoms with Crippen molar-refractivity contribution < 1.29 is 14.3 Å². The minimum atomic E-state index is -0.550. The Morgan fingerprint density at radius 1 is 1.00 bits per heavy atom. The Hall–Kier alpha value is -2.88. The number of ether oxygens (including phenoxy) is 1. The van der Waals surface area contributed by atoms with Crippen LogP contribution < -0.4 is 5.32 Å². The van der Waals surface area contributed by atoms with Crippen molar-refractivity contribution in [2.24, 2.45) is 0 Å². The maximum Gasteiger partial charge on any atom is 0.331 e. The van der Waals surface area contributed by atoms with Crippen molar-refractivity contribution in [1.82, 2.24) is 0 Å². The molecule has 0 saturated heterocycles. The summed E-state index contributed by atoms with van der Waals surface area (Å²) in [5.74, 6) is -0.912. The highest BCUT2D eigenvalue weighted by atomic mass is 16.5. The third-order valence-electron chi connectivity index (χ3n) is 3.49. The lowest BCUT2D eigenvalue weighted by atomic mass is 10.1. The monoisotopic (exact) mass is 323 g/mol. The van der Waals surface area contributed by atoms with Crippen LogP contribution in [0.5, 0.6) is 0 Å². The number of hydrogen-bond donors (Lipinski definition) is 1. The molecule has 0 unspecified atom stereocenters. The average Bonchev–Trinajstić information content (AvgIpc) is 2.55. The van der Waals surface area contributed by atoms with Gasteiger partial charge in [0.15, 0.2) is 6.61 Å². The lowest BCUT2D eigenvalue weighted by Gasteiger charge is -2.09. The van der Waals surface area contributed by atoms with E-state index < -0.39 is 5.97 Å². The van der Waals surface area contributed by atoms with Gasteiger partial charge in [-0.3, -0.25) is 4.79 Å². The van der Waals surface area contributed by atoms with E-state index in [1.54, 1.807) is 6.08 Å². The Balaban J connectivity index is 1.82. The summed E-state index contributed by atoms with van der Waals surface area (Å²) < 4.78 is 4.95. The molecule has 0 aliphatic heterocycles. The fraction of sp³-hybridized carbons (Fsp3) is 0.200. The van der Waals surface area contributed by atoms with Gasteiger partial charge < -0.3 is 10.1 Å². The average molecular weight is 323 g/mol. The Labute approximate surface area is 142 Å². The fourth-order valence-electron chi connectivity index (χ4n) is 2.17. The smallest absolute Gasteiger partial charge is 0.331 e. The van der Waals surface area contributed by atoms with Crippen LogP contribution in [0.3, 0.4) is 0 Å². The van der Waals surface area contributed by atoms with Gasteiger partial charge in [-0.05, 0) is 44.0 Å². The van der Waals surface area contributed by atoms with E-state index in [0.717, 1.165) is 27.9 Å². The molecule has 0 fully saturated rings. The van der Waals surface area contributed by atoms with E-state index in [2.05, 4.69) is 5.32 Å². The molecule has 0 aromatic heterocycles. The molecule has 1 N–H and O–H groups in total. The summed E-state index contributed by atoms with van der Waals surface area (Å²) in [6.45, 7) is 5.58. The standard InChI is InChI=1S/C20H21NO3/c1-14-4-7-17(8-5-14)9-11-20(23)24-13-19(22)21-18-10-6-15(2)12-16(18)3/h4-12H,13H2,1-3H3,(H,21,22)/b11-9+. The predicted octanol–water partition coefficient (Wildman–Crippen LogP) is 3.81. The number of carbonyl (C=O) groups excluding carboxylic acids is 2. The van der Waals surface area contributed by atoms with Crippen LogP contribution in [0, 0.1) is 20.8 Å². The third kappa shape index (κ3) is 5.39. The van der Waals surface area contributed by atoms with Crippen LogP contribution in [0.15, 0.2) is 48.5 Å². The number of anilines is 1. The van der Waals surface area contributed by atoms with E-state index in [1.165, 1.54) is 6.08 Å².